The van der Waals surface area contributed by atoms with E-state index in [1.165, 1.54) is 64.2 Å². The molecule has 0 aromatic carbocycles. The van der Waals surface area contributed by atoms with Crippen LogP contribution < -0.4 is 0 Å². The maximum absolute atomic E-state index is 12.9. The van der Waals surface area contributed by atoms with Gasteiger partial charge in [0.2, 0.25) is 0 Å². The van der Waals surface area contributed by atoms with Crippen molar-refractivity contribution in [1.29, 1.82) is 0 Å². The molecule has 0 spiro atoms. The molecule has 0 N–H and O–H groups in total. The summed E-state index contributed by atoms with van der Waals surface area (Å²) in [5, 5.41) is 0. The first kappa shape index (κ1) is 73.0. The molecule has 0 aliphatic rings. The number of carbonyl (C=O) groups excluding carboxylic acids is 3. The highest BCUT2D eigenvalue weighted by atomic mass is 16.6. The zero-order valence-corrected chi connectivity index (χ0v) is 50.1. The number of esters is 3. The van der Waals surface area contributed by atoms with Crippen LogP contribution >= 0.6 is 0 Å². The number of carbonyl (C=O) groups is 3. The summed E-state index contributed by atoms with van der Waals surface area (Å²) >= 11 is 0. The van der Waals surface area contributed by atoms with Crippen LogP contribution in [0.5, 0.6) is 0 Å². The summed E-state index contributed by atoms with van der Waals surface area (Å²) in [6.07, 6.45) is 93.9. The lowest BCUT2D eigenvalue weighted by molar-refractivity contribution is -0.167. The Morgan fingerprint density at radius 1 is 0.269 bits per heavy atom. The standard InChI is InChI=1S/C72H114O6/c1-4-7-10-13-16-19-22-24-26-28-30-32-34-35-36-37-39-40-42-44-46-48-50-53-56-59-62-65-71(74)77-68-69(67-76-70(73)64-61-58-55-52-21-18-15-12-9-6-3)78-72(75)66-63-60-57-54-51-49-47-45-43-41-38-33-31-29-27-25-23-20-17-14-11-8-5-2/h7-8,10-11,16-17,19-20,24-27,30-33,35-36,39-41,43-44,46,50,53,69H,4-6,9,12-15,18,21-23,28-29,34,37-38,42,45,47-49,51-52,54-68H2,1-3H3/b10-7-,11-8-,19-16-,20-17-,26-24-,27-25-,32-30-,33-31-,36-35-,40-39-,43-41-,46-44-,53-50-. The van der Waals surface area contributed by atoms with Crippen molar-refractivity contribution < 1.29 is 28.6 Å². The molecule has 0 saturated carbocycles. The molecule has 1 atom stereocenters. The molecule has 0 aromatic rings. The van der Waals surface area contributed by atoms with E-state index in [-0.39, 0.29) is 31.1 Å². The predicted octanol–water partition coefficient (Wildman–Crippen LogP) is 21.7. The van der Waals surface area contributed by atoms with Gasteiger partial charge in [-0.25, -0.2) is 0 Å². The van der Waals surface area contributed by atoms with Crippen LogP contribution in [0.1, 0.15) is 258 Å². The lowest BCUT2D eigenvalue weighted by Crippen LogP contribution is -2.30. The van der Waals surface area contributed by atoms with Gasteiger partial charge in [0.25, 0.3) is 0 Å². The minimum Gasteiger partial charge on any atom is -0.462 e. The minimum absolute atomic E-state index is 0.101. The van der Waals surface area contributed by atoms with Crippen molar-refractivity contribution in [3.63, 3.8) is 0 Å². The Balaban J connectivity index is 4.41. The number of hydrogen-bond donors (Lipinski definition) is 0. The van der Waals surface area contributed by atoms with Crippen LogP contribution in [0.4, 0.5) is 0 Å². The molecule has 0 rings (SSSR count). The van der Waals surface area contributed by atoms with E-state index in [0.717, 1.165) is 148 Å². The highest BCUT2D eigenvalue weighted by Gasteiger charge is 2.19. The molecule has 6 nitrogen and oxygen atoms in total. The molecule has 1 unspecified atom stereocenters. The molecular weight excluding hydrogens is 961 g/mol. The first-order valence-corrected chi connectivity index (χ1v) is 31.5. The Labute approximate surface area is 480 Å². The van der Waals surface area contributed by atoms with Gasteiger partial charge in [0.05, 0.1) is 0 Å². The highest BCUT2D eigenvalue weighted by Crippen LogP contribution is 2.14. The largest absolute Gasteiger partial charge is 0.462 e. The molecule has 0 aromatic heterocycles. The zero-order valence-electron chi connectivity index (χ0n) is 50.1. The molecule has 0 bridgehead atoms. The monoisotopic (exact) mass is 1070 g/mol. The predicted molar refractivity (Wildman–Crippen MR) is 338 cm³/mol. The normalized spacial score (nSPS) is 13.2. The van der Waals surface area contributed by atoms with Gasteiger partial charge >= 0.3 is 17.9 Å². The van der Waals surface area contributed by atoms with E-state index in [1.54, 1.807) is 0 Å². The van der Waals surface area contributed by atoms with E-state index in [4.69, 9.17) is 14.2 Å². The minimum atomic E-state index is -0.809. The lowest BCUT2D eigenvalue weighted by atomic mass is 10.1. The summed E-state index contributed by atoms with van der Waals surface area (Å²) in [5.74, 6) is -0.964. The second kappa shape index (κ2) is 64.6. The van der Waals surface area contributed by atoms with Gasteiger partial charge in [-0.1, -0.05) is 269 Å². The third-order valence-electron chi connectivity index (χ3n) is 12.8. The van der Waals surface area contributed by atoms with Crippen LogP contribution in [0.15, 0.2) is 158 Å². The van der Waals surface area contributed by atoms with Crippen LogP contribution in [0.3, 0.4) is 0 Å². The van der Waals surface area contributed by atoms with Gasteiger partial charge in [0.15, 0.2) is 6.10 Å². The summed E-state index contributed by atoms with van der Waals surface area (Å²) in [6, 6.07) is 0. The molecule has 0 amide bonds. The Morgan fingerprint density at radius 3 is 0.808 bits per heavy atom. The topological polar surface area (TPSA) is 78.9 Å². The zero-order chi connectivity index (χ0) is 56.4. The Kier molecular flexibility index (Phi) is 60.4. The molecule has 0 heterocycles. The highest BCUT2D eigenvalue weighted by molar-refractivity contribution is 5.71. The number of allylic oxidation sites excluding steroid dienone is 26. The van der Waals surface area contributed by atoms with Crippen molar-refractivity contribution in [2.75, 3.05) is 13.2 Å². The summed E-state index contributed by atoms with van der Waals surface area (Å²) in [6.45, 7) is 6.35. The molecule has 0 aliphatic heterocycles. The smallest absolute Gasteiger partial charge is 0.306 e. The van der Waals surface area contributed by atoms with Crippen molar-refractivity contribution in [2.45, 2.75) is 264 Å². The summed E-state index contributed by atoms with van der Waals surface area (Å²) in [4.78, 5) is 38.2. The average molecular weight is 1080 g/mol. The van der Waals surface area contributed by atoms with E-state index in [2.05, 4.69) is 179 Å². The number of hydrogen-bond acceptors (Lipinski definition) is 6. The van der Waals surface area contributed by atoms with Crippen molar-refractivity contribution >= 4 is 17.9 Å². The van der Waals surface area contributed by atoms with E-state index in [9.17, 15) is 14.4 Å². The summed E-state index contributed by atoms with van der Waals surface area (Å²) < 4.78 is 16.8. The number of rotatable bonds is 55. The maximum atomic E-state index is 12.9. The van der Waals surface area contributed by atoms with Gasteiger partial charge in [-0.3, -0.25) is 14.4 Å². The fraction of sp³-hybridized carbons (Fsp3) is 0.597. The van der Waals surface area contributed by atoms with Gasteiger partial charge in [-0.05, 0) is 128 Å². The van der Waals surface area contributed by atoms with Crippen LogP contribution in [0, 0.1) is 0 Å². The molecule has 0 saturated heterocycles. The van der Waals surface area contributed by atoms with Crippen LogP contribution in [0.25, 0.3) is 0 Å². The van der Waals surface area contributed by atoms with Gasteiger partial charge < -0.3 is 14.2 Å². The summed E-state index contributed by atoms with van der Waals surface area (Å²) in [7, 11) is 0. The Morgan fingerprint density at radius 2 is 0.500 bits per heavy atom. The van der Waals surface area contributed by atoms with E-state index in [0.29, 0.717) is 25.7 Å². The second-order valence-electron chi connectivity index (χ2n) is 20.2. The summed E-state index contributed by atoms with van der Waals surface area (Å²) in [5.41, 5.74) is 0. The van der Waals surface area contributed by atoms with Gasteiger partial charge in [0, 0.05) is 19.3 Å². The van der Waals surface area contributed by atoms with Gasteiger partial charge in [-0.2, -0.15) is 0 Å². The van der Waals surface area contributed by atoms with Crippen molar-refractivity contribution in [1.82, 2.24) is 0 Å². The van der Waals surface area contributed by atoms with Crippen LogP contribution in [-0.2, 0) is 28.6 Å². The molecule has 78 heavy (non-hydrogen) atoms. The van der Waals surface area contributed by atoms with Crippen LogP contribution in [-0.4, -0.2) is 37.2 Å². The van der Waals surface area contributed by atoms with Gasteiger partial charge in [0.1, 0.15) is 13.2 Å². The fourth-order valence-electron chi connectivity index (χ4n) is 8.13. The van der Waals surface area contributed by atoms with E-state index < -0.39 is 6.10 Å². The van der Waals surface area contributed by atoms with Crippen molar-refractivity contribution in [3.8, 4) is 0 Å². The quantitative estimate of drug-likeness (QED) is 0.0261. The fourth-order valence-corrected chi connectivity index (χ4v) is 8.13. The molecular formula is C72H114O6. The van der Waals surface area contributed by atoms with Gasteiger partial charge in [-0.15, -0.1) is 0 Å². The molecule has 0 aliphatic carbocycles. The molecule has 0 radical (unpaired) electrons. The first-order chi connectivity index (χ1) is 38.5. The molecule has 0 fully saturated rings. The van der Waals surface area contributed by atoms with E-state index >= 15 is 0 Å². The number of unbranched alkanes of at least 4 members (excludes halogenated alkanes) is 18. The first-order valence-electron chi connectivity index (χ1n) is 31.5. The van der Waals surface area contributed by atoms with E-state index in [1.807, 2.05) is 0 Å². The number of ether oxygens (including phenoxy) is 3. The van der Waals surface area contributed by atoms with Crippen LogP contribution in [0.2, 0.25) is 0 Å². The Hall–Kier alpha value is -4.97. The SMILES string of the molecule is CC/C=C\C/C=C\C/C=C\C/C=C\C/C=C\C/C=C\C/C=C\C/C=C\CCCCC(=O)OCC(COC(=O)CCCCCCCCCCCC)OC(=O)CCCCCCCCC/C=C\C/C=C\C/C=C\C/C=C\C/C=C\CC. The third-order valence-corrected chi connectivity index (χ3v) is 12.8. The van der Waals surface area contributed by atoms with Crippen molar-refractivity contribution in [2.24, 2.45) is 0 Å². The third kappa shape index (κ3) is 61.9. The molecule has 438 valence electrons. The molecule has 6 heteroatoms. The second-order valence-corrected chi connectivity index (χ2v) is 20.2. The lowest BCUT2D eigenvalue weighted by Gasteiger charge is -2.18. The van der Waals surface area contributed by atoms with Crippen molar-refractivity contribution in [3.05, 3.63) is 158 Å². The average Bonchev–Trinajstić information content (AvgIpc) is 3.44. The Bertz CT molecular complexity index is 1760. The maximum Gasteiger partial charge on any atom is 0.306 e.